The summed E-state index contributed by atoms with van der Waals surface area (Å²) >= 11 is 3.35. The monoisotopic (exact) mass is 319 g/mol. The van der Waals surface area contributed by atoms with Gasteiger partial charge in [0.15, 0.2) is 0 Å². The molecule has 0 saturated carbocycles. The number of hydrogen-bond donors (Lipinski definition) is 0. The van der Waals surface area contributed by atoms with Gasteiger partial charge in [-0.1, -0.05) is 15.9 Å². The molecule has 0 aliphatic carbocycles. The van der Waals surface area contributed by atoms with Crippen LogP contribution in [0.25, 0.3) is 0 Å². The number of nitrogens with zero attached hydrogens (tertiary/aromatic N) is 1. The van der Waals surface area contributed by atoms with Gasteiger partial charge in [-0.15, -0.1) is 0 Å². The van der Waals surface area contributed by atoms with Crippen molar-refractivity contribution in [1.29, 1.82) is 0 Å². The largest absolute Gasteiger partial charge is 0.492 e. The lowest BCUT2D eigenvalue weighted by atomic mass is 10.1. The highest BCUT2D eigenvalue weighted by molar-refractivity contribution is 9.10. The molecule has 0 aromatic heterocycles. The van der Waals surface area contributed by atoms with Crippen molar-refractivity contribution in [2.75, 3.05) is 26.2 Å². The van der Waals surface area contributed by atoms with E-state index in [4.69, 9.17) is 4.74 Å². The molecule has 1 heterocycles. The molecule has 1 aromatic carbocycles. The molecular formula is C13H16BrF2NO. The van der Waals surface area contributed by atoms with E-state index in [0.29, 0.717) is 26.2 Å². The molecule has 1 aromatic rings. The summed E-state index contributed by atoms with van der Waals surface area (Å²) in [4.78, 5) is 2.02. The third kappa shape index (κ3) is 4.21. The highest BCUT2D eigenvalue weighted by Crippen LogP contribution is 2.27. The van der Waals surface area contributed by atoms with E-state index in [0.717, 1.165) is 10.2 Å². The van der Waals surface area contributed by atoms with Gasteiger partial charge in [-0.25, -0.2) is 8.78 Å². The smallest absolute Gasteiger partial charge is 0.250 e. The molecule has 0 atom stereocenters. The summed E-state index contributed by atoms with van der Waals surface area (Å²) in [6.07, 6.45) is -0.0728. The summed E-state index contributed by atoms with van der Waals surface area (Å²) in [6.45, 7) is 2.15. The maximum atomic E-state index is 12.9. The second kappa shape index (κ2) is 5.97. The summed E-state index contributed by atoms with van der Waals surface area (Å²) in [6, 6.07) is 7.59. The van der Waals surface area contributed by atoms with Crippen LogP contribution in [-0.4, -0.2) is 37.1 Å². The van der Waals surface area contributed by atoms with Crippen LogP contribution in [0.1, 0.15) is 12.8 Å². The Labute approximate surface area is 114 Å². The fraction of sp³-hybridized carbons (Fsp3) is 0.538. The highest BCUT2D eigenvalue weighted by atomic mass is 79.9. The lowest BCUT2D eigenvalue weighted by Crippen LogP contribution is -2.41. The lowest BCUT2D eigenvalue weighted by Gasteiger charge is -2.31. The Morgan fingerprint density at radius 1 is 1.17 bits per heavy atom. The predicted octanol–water partition coefficient (Wildman–Crippen LogP) is 3.56. The zero-order valence-corrected chi connectivity index (χ0v) is 11.6. The van der Waals surface area contributed by atoms with Crippen molar-refractivity contribution in [2.24, 2.45) is 0 Å². The van der Waals surface area contributed by atoms with Crippen molar-refractivity contribution in [3.05, 3.63) is 28.7 Å². The van der Waals surface area contributed by atoms with Crippen LogP contribution in [0.4, 0.5) is 8.78 Å². The minimum Gasteiger partial charge on any atom is -0.492 e. The number of ether oxygens (including phenoxy) is 1. The molecule has 2 nitrogen and oxygen atoms in total. The summed E-state index contributed by atoms with van der Waals surface area (Å²) in [5.41, 5.74) is 0. The van der Waals surface area contributed by atoms with Crippen LogP contribution in [0.2, 0.25) is 0 Å². The first kappa shape index (κ1) is 13.7. The Hall–Kier alpha value is -0.680. The molecule has 0 bridgehead atoms. The average Bonchev–Trinajstić information content (AvgIpc) is 2.34. The number of likely N-dealkylation sites (tertiary alicyclic amines) is 1. The summed E-state index contributed by atoms with van der Waals surface area (Å²) in [5, 5.41) is 0. The molecular weight excluding hydrogens is 304 g/mol. The van der Waals surface area contributed by atoms with E-state index in [1.165, 1.54) is 0 Å². The number of piperidine rings is 1. The van der Waals surface area contributed by atoms with Gasteiger partial charge in [0.1, 0.15) is 12.4 Å². The van der Waals surface area contributed by atoms with Crippen LogP contribution in [-0.2, 0) is 0 Å². The van der Waals surface area contributed by atoms with Gasteiger partial charge in [-0.2, -0.15) is 0 Å². The fourth-order valence-corrected chi connectivity index (χ4v) is 2.19. The van der Waals surface area contributed by atoms with Gasteiger partial charge < -0.3 is 4.74 Å². The molecule has 0 N–H and O–H groups in total. The maximum Gasteiger partial charge on any atom is 0.250 e. The maximum absolute atomic E-state index is 12.9. The van der Waals surface area contributed by atoms with E-state index in [1.807, 2.05) is 29.2 Å². The molecule has 2 rings (SSSR count). The van der Waals surface area contributed by atoms with Crippen molar-refractivity contribution in [3.63, 3.8) is 0 Å². The predicted molar refractivity (Wildman–Crippen MR) is 70.3 cm³/mol. The van der Waals surface area contributed by atoms with Crippen LogP contribution in [0.3, 0.4) is 0 Å². The van der Waals surface area contributed by atoms with E-state index in [-0.39, 0.29) is 12.8 Å². The van der Waals surface area contributed by atoms with Gasteiger partial charge in [0.2, 0.25) is 0 Å². The van der Waals surface area contributed by atoms with Crippen molar-refractivity contribution in [2.45, 2.75) is 18.8 Å². The number of alkyl halides is 2. The van der Waals surface area contributed by atoms with Gasteiger partial charge in [-0.05, 0) is 24.3 Å². The molecule has 18 heavy (non-hydrogen) atoms. The SMILES string of the molecule is FC1(F)CCN(CCOc2ccc(Br)cc2)CC1. The molecule has 0 radical (unpaired) electrons. The van der Waals surface area contributed by atoms with Crippen LogP contribution >= 0.6 is 15.9 Å². The van der Waals surface area contributed by atoms with Crippen LogP contribution in [0, 0.1) is 0 Å². The molecule has 1 saturated heterocycles. The van der Waals surface area contributed by atoms with Crippen LogP contribution < -0.4 is 4.74 Å². The van der Waals surface area contributed by atoms with E-state index in [2.05, 4.69) is 15.9 Å². The van der Waals surface area contributed by atoms with Gasteiger partial charge in [0.25, 0.3) is 5.92 Å². The summed E-state index contributed by atoms with van der Waals surface area (Å²) in [7, 11) is 0. The average molecular weight is 320 g/mol. The molecule has 0 spiro atoms. The molecule has 0 amide bonds. The van der Waals surface area contributed by atoms with Crippen molar-refractivity contribution >= 4 is 15.9 Å². The van der Waals surface area contributed by atoms with Crippen molar-refractivity contribution in [3.8, 4) is 5.75 Å². The zero-order chi connectivity index (χ0) is 13.0. The van der Waals surface area contributed by atoms with Crippen molar-refractivity contribution in [1.82, 2.24) is 4.90 Å². The summed E-state index contributed by atoms with van der Waals surface area (Å²) < 4.78 is 32.5. The molecule has 1 aliphatic heterocycles. The molecule has 1 aliphatic rings. The number of halogens is 3. The second-order valence-corrected chi connectivity index (χ2v) is 5.42. The second-order valence-electron chi connectivity index (χ2n) is 4.50. The Morgan fingerprint density at radius 3 is 2.39 bits per heavy atom. The van der Waals surface area contributed by atoms with E-state index >= 15 is 0 Å². The quantitative estimate of drug-likeness (QED) is 0.841. The fourth-order valence-electron chi connectivity index (χ4n) is 1.93. The van der Waals surface area contributed by atoms with E-state index < -0.39 is 5.92 Å². The molecule has 1 fully saturated rings. The van der Waals surface area contributed by atoms with Gasteiger partial charge in [0.05, 0.1) is 0 Å². The van der Waals surface area contributed by atoms with Gasteiger partial charge in [-0.3, -0.25) is 4.90 Å². The van der Waals surface area contributed by atoms with E-state index in [9.17, 15) is 8.78 Å². The Morgan fingerprint density at radius 2 is 1.78 bits per heavy atom. The minimum atomic E-state index is -2.47. The van der Waals surface area contributed by atoms with Gasteiger partial charge in [0, 0.05) is 36.9 Å². The van der Waals surface area contributed by atoms with Crippen molar-refractivity contribution < 1.29 is 13.5 Å². The third-order valence-corrected chi connectivity index (χ3v) is 3.61. The van der Waals surface area contributed by atoms with Gasteiger partial charge >= 0.3 is 0 Å². The third-order valence-electron chi connectivity index (χ3n) is 3.08. The number of rotatable bonds is 4. The van der Waals surface area contributed by atoms with Crippen LogP contribution in [0.15, 0.2) is 28.7 Å². The standard InChI is InChI=1S/C13H16BrF2NO/c14-11-1-3-12(4-2-11)18-10-9-17-7-5-13(15,16)6-8-17/h1-4H,5-10H2. The Kier molecular flexibility index (Phi) is 4.56. The lowest BCUT2D eigenvalue weighted by molar-refractivity contribution is -0.0564. The molecule has 0 unspecified atom stereocenters. The van der Waals surface area contributed by atoms with E-state index in [1.54, 1.807) is 0 Å². The zero-order valence-electron chi connectivity index (χ0n) is 10.0. The first-order valence-corrected chi connectivity index (χ1v) is 6.83. The number of benzene rings is 1. The molecule has 100 valence electrons. The first-order valence-electron chi connectivity index (χ1n) is 6.04. The topological polar surface area (TPSA) is 12.5 Å². The van der Waals surface area contributed by atoms with Crippen LogP contribution in [0.5, 0.6) is 5.75 Å². The molecule has 5 heteroatoms. The highest BCUT2D eigenvalue weighted by Gasteiger charge is 2.33. The number of hydrogen-bond acceptors (Lipinski definition) is 2. The normalized spacial score (nSPS) is 19.7. The summed E-state index contributed by atoms with van der Waals surface area (Å²) in [5.74, 6) is -1.66. The minimum absolute atomic E-state index is 0.0364. The Balaban J connectivity index is 1.68. The Bertz CT molecular complexity index is 373. The first-order chi connectivity index (χ1) is 8.55.